The molecule has 20 heavy (non-hydrogen) atoms. The maximum Gasteiger partial charge on any atom is 0.333 e. The Morgan fingerprint density at radius 1 is 1.20 bits per heavy atom. The van der Waals surface area contributed by atoms with Gasteiger partial charge >= 0.3 is 12.0 Å². The number of rotatable bonds is 7. The van der Waals surface area contributed by atoms with E-state index in [2.05, 4.69) is 16.0 Å². The monoisotopic (exact) mass is 279 g/mol. The second-order valence-electron chi connectivity index (χ2n) is 4.63. The van der Waals surface area contributed by atoms with Crippen LogP contribution in [0.25, 0.3) is 0 Å². The molecular weight excluding hydrogens is 258 g/mol. The lowest BCUT2D eigenvalue weighted by molar-refractivity contribution is -0.144. The van der Waals surface area contributed by atoms with Crippen molar-refractivity contribution in [3.63, 3.8) is 0 Å². The molecule has 0 spiro atoms. The van der Waals surface area contributed by atoms with Crippen molar-refractivity contribution < 1.29 is 14.7 Å². The van der Waals surface area contributed by atoms with Crippen LogP contribution < -0.4 is 16.0 Å². The molecule has 0 aromatic heterocycles. The lowest BCUT2D eigenvalue weighted by Crippen LogP contribution is -2.53. The summed E-state index contributed by atoms with van der Waals surface area (Å²) in [5, 5.41) is 17.5. The van der Waals surface area contributed by atoms with Crippen molar-refractivity contribution in [3.05, 3.63) is 35.9 Å². The van der Waals surface area contributed by atoms with Gasteiger partial charge in [-0.05, 0) is 32.5 Å². The van der Waals surface area contributed by atoms with Crippen molar-refractivity contribution in [3.8, 4) is 0 Å². The van der Waals surface area contributed by atoms with E-state index in [1.807, 2.05) is 7.05 Å². The van der Waals surface area contributed by atoms with Crippen LogP contribution >= 0.6 is 0 Å². The largest absolute Gasteiger partial charge is 0.479 e. The van der Waals surface area contributed by atoms with E-state index in [0.717, 1.165) is 13.0 Å². The number of carbonyl (C=O) groups is 2. The van der Waals surface area contributed by atoms with Gasteiger partial charge < -0.3 is 21.1 Å². The smallest absolute Gasteiger partial charge is 0.333 e. The van der Waals surface area contributed by atoms with Crippen LogP contribution in [0.5, 0.6) is 0 Å². The SMILES string of the molecule is CNCCCNC(=O)NC(C)(C(=O)O)c1ccccc1. The van der Waals surface area contributed by atoms with Gasteiger partial charge in [0.25, 0.3) is 0 Å². The van der Waals surface area contributed by atoms with E-state index in [-0.39, 0.29) is 0 Å². The molecule has 1 unspecified atom stereocenters. The minimum Gasteiger partial charge on any atom is -0.479 e. The predicted molar refractivity (Wildman–Crippen MR) is 76.5 cm³/mol. The van der Waals surface area contributed by atoms with Crippen LogP contribution in [0.2, 0.25) is 0 Å². The molecule has 1 atom stereocenters. The number of urea groups is 1. The number of amides is 2. The van der Waals surface area contributed by atoms with Gasteiger partial charge in [0, 0.05) is 6.54 Å². The molecule has 0 aliphatic rings. The van der Waals surface area contributed by atoms with Gasteiger partial charge in [-0.3, -0.25) is 0 Å². The van der Waals surface area contributed by atoms with Crippen LogP contribution in [0, 0.1) is 0 Å². The van der Waals surface area contributed by atoms with Gasteiger partial charge in [0.05, 0.1) is 0 Å². The fourth-order valence-corrected chi connectivity index (χ4v) is 1.76. The van der Waals surface area contributed by atoms with Crippen LogP contribution in [0.15, 0.2) is 30.3 Å². The van der Waals surface area contributed by atoms with Crippen molar-refractivity contribution in [2.75, 3.05) is 20.1 Å². The summed E-state index contributed by atoms with van der Waals surface area (Å²) in [6.45, 7) is 2.74. The van der Waals surface area contributed by atoms with Crippen LogP contribution in [-0.2, 0) is 10.3 Å². The molecule has 0 saturated heterocycles. The molecule has 2 amide bonds. The average molecular weight is 279 g/mol. The highest BCUT2D eigenvalue weighted by atomic mass is 16.4. The first-order valence-corrected chi connectivity index (χ1v) is 6.50. The Labute approximate surface area is 118 Å². The number of benzene rings is 1. The van der Waals surface area contributed by atoms with Crippen molar-refractivity contribution in [2.24, 2.45) is 0 Å². The Morgan fingerprint density at radius 2 is 1.85 bits per heavy atom. The topological polar surface area (TPSA) is 90.5 Å². The molecule has 1 rings (SSSR count). The number of hydrogen-bond acceptors (Lipinski definition) is 3. The lowest BCUT2D eigenvalue weighted by atomic mass is 9.92. The molecule has 0 saturated carbocycles. The molecule has 110 valence electrons. The normalized spacial score (nSPS) is 13.3. The van der Waals surface area contributed by atoms with Gasteiger partial charge in [-0.15, -0.1) is 0 Å². The number of carboxylic acid groups (broad SMARTS) is 1. The van der Waals surface area contributed by atoms with Crippen molar-refractivity contribution >= 4 is 12.0 Å². The van der Waals surface area contributed by atoms with Gasteiger partial charge in [0.15, 0.2) is 5.54 Å². The minimum atomic E-state index is -1.45. The van der Waals surface area contributed by atoms with Crippen molar-refractivity contribution in [1.29, 1.82) is 0 Å². The summed E-state index contributed by atoms with van der Waals surface area (Å²) in [4.78, 5) is 23.3. The summed E-state index contributed by atoms with van der Waals surface area (Å²) in [5.74, 6) is -1.10. The molecule has 0 aliphatic heterocycles. The third-order valence-corrected chi connectivity index (χ3v) is 3.03. The molecule has 0 aliphatic carbocycles. The Bertz CT molecular complexity index is 450. The highest BCUT2D eigenvalue weighted by molar-refractivity contribution is 5.87. The quantitative estimate of drug-likeness (QED) is 0.558. The highest BCUT2D eigenvalue weighted by Gasteiger charge is 2.36. The molecule has 0 fully saturated rings. The first-order chi connectivity index (χ1) is 9.50. The second-order valence-corrected chi connectivity index (χ2v) is 4.63. The van der Waals surface area contributed by atoms with Crippen molar-refractivity contribution in [1.82, 2.24) is 16.0 Å². The second kappa shape index (κ2) is 7.49. The molecule has 6 nitrogen and oxygen atoms in total. The summed E-state index contributed by atoms with van der Waals surface area (Å²) >= 11 is 0. The third kappa shape index (κ3) is 4.24. The van der Waals surface area contributed by atoms with E-state index in [1.165, 1.54) is 6.92 Å². The van der Waals surface area contributed by atoms with E-state index in [4.69, 9.17) is 0 Å². The van der Waals surface area contributed by atoms with Gasteiger partial charge in [-0.1, -0.05) is 30.3 Å². The summed E-state index contributed by atoms with van der Waals surface area (Å²) in [5.41, 5.74) is -0.924. The standard InChI is InChI=1S/C14H21N3O3/c1-14(12(18)19,11-7-4-3-5-8-11)17-13(20)16-10-6-9-15-2/h3-5,7-8,15H,6,9-10H2,1-2H3,(H,18,19)(H2,16,17,20). The lowest BCUT2D eigenvalue weighted by Gasteiger charge is -2.26. The van der Waals surface area contributed by atoms with Crippen LogP contribution in [-0.4, -0.2) is 37.2 Å². The molecule has 0 heterocycles. The predicted octanol–water partition coefficient (Wildman–Crippen LogP) is 0.895. The van der Waals surface area contributed by atoms with Gasteiger partial charge in [-0.2, -0.15) is 0 Å². The van der Waals surface area contributed by atoms with E-state index >= 15 is 0 Å². The Hall–Kier alpha value is -2.08. The first-order valence-electron chi connectivity index (χ1n) is 6.50. The highest BCUT2D eigenvalue weighted by Crippen LogP contribution is 2.20. The maximum absolute atomic E-state index is 11.8. The summed E-state index contributed by atoms with van der Waals surface area (Å²) in [7, 11) is 1.83. The van der Waals surface area contributed by atoms with Crippen LogP contribution in [0.4, 0.5) is 4.79 Å². The summed E-state index contributed by atoms with van der Waals surface area (Å²) in [6, 6.07) is 8.13. The molecule has 1 aromatic carbocycles. The molecule has 4 N–H and O–H groups in total. The molecule has 0 bridgehead atoms. The zero-order valence-corrected chi connectivity index (χ0v) is 11.8. The maximum atomic E-state index is 11.8. The van der Waals surface area contributed by atoms with Gasteiger partial charge in [-0.25, -0.2) is 9.59 Å². The van der Waals surface area contributed by atoms with Gasteiger partial charge in [0.2, 0.25) is 0 Å². The van der Waals surface area contributed by atoms with E-state index in [1.54, 1.807) is 30.3 Å². The molecular formula is C14H21N3O3. The molecule has 6 heteroatoms. The van der Waals surface area contributed by atoms with E-state index < -0.39 is 17.5 Å². The zero-order valence-electron chi connectivity index (χ0n) is 11.8. The minimum absolute atomic E-state index is 0.483. The molecule has 0 radical (unpaired) electrons. The van der Waals surface area contributed by atoms with E-state index in [9.17, 15) is 14.7 Å². The third-order valence-electron chi connectivity index (χ3n) is 3.03. The number of aliphatic carboxylic acids is 1. The van der Waals surface area contributed by atoms with Crippen LogP contribution in [0.1, 0.15) is 18.9 Å². The first kappa shape index (κ1) is 16.0. The van der Waals surface area contributed by atoms with Crippen LogP contribution in [0.3, 0.4) is 0 Å². The average Bonchev–Trinajstić information content (AvgIpc) is 2.44. The Balaban J connectivity index is 2.68. The van der Waals surface area contributed by atoms with Gasteiger partial charge in [0.1, 0.15) is 0 Å². The number of carboxylic acids is 1. The molecule has 1 aromatic rings. The summed E-state index contributed by atoms with van der Waals surface area (Å²) < 4.78 is 0. The number of hydrogen-bond donors (Lipinski definition) is 4. The zero-order chi connectivity index (χ0) is 15.0. The number of carbonyl (C=O) groups excluding carboxylic acids is 1. The number of nitrogens with one attached hydrogen (secondary N) is 3. The van der Waals surface area contributed by atoms with E-state index in [0.29, 0.717) is 12.1 Å². The fraction of sp³-hybridized carbons (Fsp3) is 0.429. The Morgan fingerprint density at radius 3 is 2.40 bits per heavy atom. The summed E-state index contributed by atoms with van der Waals surface area (Å²) in [6.07, 6.45) is 0.777. The van der Waals surface area contributed by atoms with Crippen molar-refractivity contribution in [2.45, 2.75) is 18.9 Å². The Kier molecular flexibility index (Phi) is 5.99. The fourth-order valence-electron chi connectivity index (χ4n) is 1.76.